The summed E-state index contributed by atoms with van der Waals surface area (Å²) >= 11 is 0. The van der Waals surface area contributed by atoms with Gasteiger partial charge in [0.05, 0.1) is 36.8 Å². The Morgan fingerprint density at radius 3 is 2.49 bits per heavy atom. The third-order valence-electron chi connectivity index (χ3n) is 6.98. The molecule has 2 aliphatic rings. The molecule has 0 atom stereocenters. The van der Waals surface area contributed by atoms with Crippen LogP contribution < -0.4 is 10.1 Å². The molecule has 1 aromatic heterocycles. The van der Waals surface area contributed by atoms with Crippen LogP contribution in [0.4, 0.5) is 13.2 Å². The Morgan fingerprint density at radius 2 is 1.83 bits per heavy atom. The van der Waals surface area contributed by atoms with Crippen molar-refractivity contribution >= 4 is 22.8 Å². The van der Waals surface area contributed by atoms with E-state index in [2.05, 4.69) is 15.2 Å². The van der Waals surface area contributed by atoms with Gasteiger partial charge in [-0.3, -0.25) is 14.3 Å². The van der Waals surface area contributed by atoms with E-state index in [1.807, 2.05) is 6.07 Å². The summed E-state index contributed by atoms with van der Waals surface area (Å²) < 4.78 is 47.6. The normalized spacial score (nSPS) is 23.4. The SMILES string of the molecule is COC(=O)C1CC2(CC(NC(=O)c3cccc4cnn(Cc5ccc(OC(F)(F)F)cc5)c34)C2)C1. The van der Waals surface area contributed by atoms with Crippen LogP contribution in [0.3, 0.4) is 0 Å². The van der Waals surface area contributed by atoms with Crippen LogP contribution in [0.5, 0.6) is 5.75 Å². The number of fused-ring (bicyclic) bond motifs is 1. The maximum absolute atomic E-state index is 13.1. The summed E-state index contributed by atoms with van der Waals surface area (Å²) in [5.74, 6) is -0.691. The van der Waals surface area contributed by atoms with Crippen LogP contribution in [0.2, 0.25) is 0 Å². The van der Waals surface area contributed by atoms with Gasteiger partial charge in [-0.05, 0) is 54.9 Å². The molecule has 0 aliphatic heterocycles. The highest BCUT2D eigenvalue weighted by molar-refractivity contribution is 6.05. The number of hydrogen-bond donors (Lipinski definition) is 1. The molecule has 184 valence electrons. The predicted molar refractivity (Wildman–Crippen MR) is 120 cm³/mol. The first-order valence-corrected chi connectivity index (χ1v) is 11.3. The first-order valence-electron chi connectivity index (χ1n) is 11.3. The second kappa shape index (κ2) is 8.58. The van der Waals surface area contributed by atoms with Crippen molar-refractivity contribution in [3.05, 3.63) is 59.8 Å². The maximum atomic E-state index is 13.1. The van der Waals surface area contributed by atoms with Crippen molar-refractivity contribution in [1.82, 2.24) is 15.1 Å². The van der Waals surface area contributed by atoms with Gasteiger partial charge in [-0.1, -0.05) is 24.3 Å². The summed E-state index contributed by atoms with van der Waals surface area (Å²) in [6.07, 6.45) is 0.209. The van der Waals surface area contributed by atoms with Gasteiger partial charge in [-0.25, -0.2) is 0 Å². The van der Waals surface area contributed by atoms with Crippen LogP contribution in [-0.4, -0.2) is 41.2 Å². The zero-order valence-electron chi connectivity index (χ0n) is 19.0. The van der Waals surface area contributed by atoms with Crippen molar-refractivity contribution in [2.24, 2.45) is 11.3 Å². The number of esters is 1. The lowest BCUT2D eigenvalue weighted by molar-refractivity contribution is -0.274. The highest BCUT2D eigenvalue weighted by Crippen LogP contribution is 2.59. The highest BCUT2D eigenvalue weighted by atomic mass is 19.4. The molecule has 0 radical (unpaired) electrons. The zero-order chi connectivity index (χ0) is 24.8. The van der Waals surface area contributed by atoms with E-state index >= 15 is 0 Å². The fourth-order valence-electron chi connectivity index (χ4n) is 5.42. The summed E-state index contributed by atoms with van der Waals surface area (Å²) in [4.78, 5) is 24.8. The highest BCUT2D eigenvalue weighted by Gasteiger charge is 2.55. The van der Waals surface area contributed by atoms with Crippen LogP contribution >= 0.6 is 0 Å². The van der Waals surface area contributed by atoms with Crippen molar-refractivity contribution in [1.29, 1.82) is 0 Å². The summed E-state index contributed by atoms with van der Waals surface area (Å²) in [7, 11) is 1.40. The Labute approximate surface area is 199 Å². The van der Waals surface area contributed by atoms with Gasteiger partial charge < -0.3 is 14.8 Å². The first-order chi connectivity index (χ1) is 16.6. The molecule has 0 bridgehead atoms. The molecule has 1 spiro atoms. The average Bonchev–Trinajstić information content (AvgIpc) is 3.17. The molecule has 5 rings (SSSR count). The van der Waals surface area contributed by atoms with Gasteiger partial charge in [0.2, 0.25) is 0 Å². The van der Waals surface area contributed by atoms with Crippen molar-refractivity contribution in [3.63, 3.8) is 0 Å². The Hall–Kier alpha value is -3.56. The van der Waals surface area contributed by atoms with E-state index in [0.29, 0.717) is 16.6 Å². The van der Waals surface area contributed by atoms with Crippen LogP contribution in [0, 0.1) is 11.3 Å². The van der Waals surface area contributed by atoms with Crippen LogP contribution in [-0.2, 0) is 16.1 Å². The Bertz CT molecular complexity index is 1260. The van der Waals surface area contributed by atoms with Crippen molar-refractivity contribution in [3.8, 4) is 5.75 Å². The minimum absolute atomic E-state index is 0.0335. The molecule has 10 heteroatoms. The molecular formula is C25H24F3N3O4. The van der Waals surface area contributed by atoms with Gasteiger partial charge in [-0.15, -0.1) is 13.2 Å². The zero-order valence-corrected chi connectivity index (χ0v) is 19.0. The predicted octanol–water partition coefficient (Wildman–Crippen LogP) is 4.44. The molecule has 2 saturated carbocycles. The van der Waals surface area contributed by atoms with E-state index in [1.54, 1.807) is 23.0 Å². The minimum atomic E-state index is -4.75. The van der Waals surface area contributed by atoms with E-state index in [-0.39, 0.29) is 41.5 Å². The second-order valence-corrected chi connectivity index (χ2v) is 9.44. The van der Waals surface area contributed by atoms with Gasteiger partial charge >= 0.3 is 12.3 Å². The molecule has 0 saturated heterocycles. The van der Waals surface area contributed by atoms with Crippen LogP contribution in [0.25, 0.3) is 10.9 Å². The third-order valence-corrected chi connectivity index (χ3v) is 6.98. The number of carbonyl (C=O) groups is 2. The average molecular weight is 487 g/mol. The van der Waals surface area contributed by atoms with E-state index < -0.39 is 6.36 Å². The number of carbonyl (C=O) groups excluding carboxylic acids is 2. The largest absolute Gasteiger partial charge is 0.573 e. The van der Waals surface area contributed by atoms with E-state index in [9.17, 15) is 22.8 Å². The first kappa shape index (κ1) is 23.2. The number of rotatable bonds is 6. The maximum Gasteiger partial charge on any atom is 0.573 e. The Kier molecular flexibility index (Phi) is 5.69. The van der Waals surface area contributed by atoms with Crippen molar-refractivity contribution in [2.45, 2.75) is 44.6 Å². The quantitative estimate of drug-likeness (QED) is 0.520. The van der Waals surface area contributed by atoms with Gasteiger partial charge in [0.1, 0.15) is 5.75 Å². The molecule has 7 nitrogen and oxygen atoms in total. The second-order valence-electron chi connectivity index (χ2n) is 9.44. The number of halogens is 3. The van der Waals surface area contributed by atoms with Crippen LogP contribution in [0.15, 0.2) is 48.7 Å². The van der Waals surface area contributed by atoms with E-state index in [4.69, 9.17) is 4.74 Å². The molecule has 1 N–H and O–H groups in total. The number of alkyl halides is 3. The molecule has 1 heterocycles. The minimum Gasteiger partial charge on any atom is -0.469 e. The lowest BCUT2D eigenvalue weighted by Crippen LogP contribution is -2.57. The Balaban J connectivity index is 1.26. The Morgan fingerprint density at radius 1 is 1.11 bits per heavy atom. The molecule has 1 amide bonds. The topological polar surface area (TPSA) is 82.5 Å². The summed E-state index contributed by atoms with van der Waals surface area (Å²) in [6.45, 7) is 0.279. The number of hydrogen-bond acceptors (Lipinski definition) is 5. The van der Waals surface area contributed by atoms with Crippen molar-refractivity contribution < 1.29 is 32.2 Å². The number of aromatic nitrogens is 2. The van der Waals surface area contributed by atoms with Gasteiger partial charge in [0.25, 0.3) is 5.91 Å². The number of nitrogens with zero attached hydrogens (tertiary/aromatic N) is 2. The number of nitrogens with one attached hydrogen (secondary N) is 1. The summed E-state index contributed by atoms with van der Waals surface area (Å²) in [6, 6.07) is 11.0. The monoisotopic (exact) mass is 487 g/mol. The van der Waals surface area contributed by atoms with E-state index in [1.165, 1.54) is 31.4 Å². The number of methoxy groups -OCH3 is 1. The van der Waals surface area contributed by atoms with E-state index in [0.717, 1.165) is 31.1 Å². The smallest absolute Gasteiger partial charge is 0.469 e. The lowest BCUT2D eigenvalue weighted by atomic mass is 9.50. The molecule has 0 unspecified atom stereocenters. The molecule has 35 heavy (non-hydrogen) atoms. The molecule has 2 fully saturated rings. The number of benzene rings is 2. The third kappa shape index (κ3) is 4.69. The molecule has 3 aromatic rings. The number of para-hydroxylation sites is 1. The molecular weight excluding hydrogens is 463 g/mol. The number of ether oxygens (including phenoxy) is 2. The summed E-state index contributed by atoms with van der Waals surface area (Å²) in [5.41, 5.74) is 1.99. The van der Waals surface area contributed by atoms with Gasteiger partial charge in [0, 0.05) is 11.4 Å². The molecule has 2 aromatic carbocycles. The fraction of sp³-hybridized carbons (Fsp3) is 0.400. The lowest BCUT2D eigenvalue weighted by Gasteiger charge is -2.56. The standard InChI is InChI=1S/C25H24F3N3O4/c1-34-23(33)17-9-24(10-17)11-18(12-24)30-22(32)20-4-2-3-16-13-29-31(21(16)20)14-15-5-7-19(8-6-15)35-25(26,27)28/h2-8,13,17-18H,9-12,14H2,1H3,(H,30,32). The van der Waals surface area contributed by atoms with Gasteiger partial charge in [-0.2, -0.15) is 5.10 Å². The van der Waals surface area contributed by atoms with Crippen molar-refractivity contribution in [2.75, 3.05) is 7.11 Å². The number of amides is 1. The van der Waals surface area contributed by atoms with Crippen LogP contribution in [0.1, 0.15) is 41.6 Å². The summed E-state index contributed by atoms with van der Waals surface area (Å²) in [5, 5.41) is 8.28. The molecule has 2 aliphatic carbocycles. The fourth-order valence-corrected chi connectivity index (χ4v) is 5.42. The van der Waals surface area contributed by atoms with Gasteiger partial charge in [0.15, 0.2) is 0 Å².